The zero-order valence-electron chi connectivity index (χ0n) is 30.5. The number of hydrogen-bond acceptors (Lipinski definition) is 8. The first kappa shape index (κ1) is 51.1. The average Bonchev–Trinajstić information content (AvgIpc) is 3.03. The Kier molecular flexibility index (Phi) is 37.3. The van der Waals surface area contributed by atoms with Gasteiger partial charge in [-0.2, -0.15) is 0 Å². The molecule has 2 unspecified atom stereocenters. The van der Waals surface area contributed by atoms with Crippen molar-refractivity contribution in [2.24, 2.45) is 0 Å². The van der Waals surface area contributed by atoms with Gasteiger partial charge in [0, 0.05) is 0 Å². The summed E-state index contributed by atoms with van der Waals surface area (Å²) in [6.45, 7) is 4.86. The van der Waals surface area contributed by atoms with Crippen LogP contribution in [0.5, 0.6) is 11.5 Å². The molecule has 0 N–H and O–H groups in total. The SMILES string of the molecule is CCCCCCCCCCCCOP(=O)([O-])Oc1ccccc1.CCCCCCCCCCCCOP(=O)([O-])Oc1ccccc1.[K+].[Na+]. The zero-order valence-corrected chi connectivity index (χ0v) is 37.4. The number of unbranched alkanes of at least 4 members (excludes halogenated alkanes) is 18. The van der Waals surface area contributed by atoms with E-state index in [1.807, 2.05) is 0 Å². The van der Waals surface area contributed by atoms with Crippen LogP contribution in [0.4, 0.5) is 0 Å². The van der Waals surface area contributed by atoms with Crippen LogP contribution in [0.2, 0.25) is 0 Å². The first-order valence-electron chi connectivity index (χ1n) is 17.7. The topological polar surface area (TPSA) is 117 Å². The summed E-state index contributed by atoms with van der Waals surface area (Å²) in [7, 11) is -8.48. The van der Waals surface area contributed by atoms with Gasteiger partial charge < -0.3 is 27.9 Å². The molecular weight excluding hydrogens is 684 g/mol. The minimum atomic E-state index is -4.24. The molecule has 2 atom stereocenters. The van der Waals surface area contributed by atoms with E-state index in [1.54, 1.807) is 60.7 Å². The maximum Gasteiger partial charge on any atom is 1.00 e. The van der Waals surface area contributed by atoms with Gasteiger partial charge in [-0.05, 0) is 37.1 Å². The molecule has 0 amide bonds. The summed E-state index contributed by atoms with van der Waals surface area (Å²) < 4.78 is 42.8. The van der Waals surface area contributed by atoms with E-state index in [0.29, 0.717) is 0 Å². The van der Waals surface area contributed by atoms with Gasteiger partial charge in [-0.25, -0.2) is 0 Å². The number of hydrogen-bond donors (Lipinski definition) is 0. The Labute approximate surface area is 357 Å². The number of para-hydroxylation sites is 2. The van der Waals surface area contributed by atoms with Crippen LogP contribution >= 0.6 is 15.6 Å². The van der Waals surface area contributed by atoms with Gasteiger partial charge in [0.2, 0.25) is 0 Å². The van der Waals surface area contributed by atoms with Crippen LogP contribution in [0.1, 0.15) is 142 Å². The summed E-state index contributed by atoms with van der Waals surface area (Å²) >= 11 is 0. The monoisotopic (exact) mass is 744 g/mol. The van der Waals surface area contributed by atoms with Gasteiger partial charge in [-0.1, -0.05) is 166 Å². The summed E-state index contributed by atoms with van der Waals surface area (Å²) in [5.74, 6) is 0.572. The number of phosphoric ester groups is 2. The molecule has 264 valence electrons. The Hall–Kier alpha value is 0.976. The quantitative estimate of drug-likeness (QED) is 0.0683. The summed E-state index contributed by atoms with van der Waals surface area (Å²) in [4.78, 5) is 23.3. The molecule has 2 aromatic carbocycles. The maximum absolute atomic E-state index is 11.6. The van der Waals surface area contributed by atoms with Crippen molar-refractivity contribution >= 4 is 15.6 Å². The van der Waals surface area contributed by atoms with Crippen molar-refractivity contribution in [3.05, 3.63) is 60.7 Å². The average molecular weight is 745 g/mol. The second-order valence-corrected chi connectivity index (χ2v) is 14.4. The third-order valence-corrected chi connectivity index (χ3v) is 9.28. The van der Waals surface area contributed by atoms with Crippen molar-refractivity contribution in [3.63, 3.8) is 0 Å². The Morgan fingerprint density at radius 2 is 0.708 bits per heavy atom. The predicted molar refractivity (Wildman–Crippen MR) is 185 cm³/mol. The summed E-state index contributed by atoms with van der Waals surface area (Å²) in [6.07, 6.45) is 24.1. The Balaban J connectivity index is 0. The molecule has 0 aliphatic heterocycles. The molecule has 48 heavy (non-hydrogen) atoms. The largest absolute Gasteiger partial charge is 1.00 e. The van der Waals surface area contributed by atoms with Crippen molar-refractivity contribution in [1.82, 2.24) is 0 Å². The summed E-state index contributed by atoms with van der Waals surface area (Å²) in [5.41, 5.74) is 0. The van der Waals surface area contributed by atoms with E-state index in [9.17, 15) is 18.9 Å². The summed E-state index contributed by atoms with van der Waals surface area (Å²) in [5, 5.41) is 0. The summed E-state index contributed by atoms with van der Waals surface area (Å²) in [6, 6.07) is 16.8. The molecule has 0 heterocycles. The normalized spacial score (nSPS) is 13.1. The van der Waals surface area contributed by atoms with Gasteiger partial charge in [-0.3, -0.25) is 9.13 Å². The molecule has 0 fully saturated rings. The van der Waals surface area contributed by atoms with Crippen molar-refractivity contribution in [1.29, 1.82) is 0 Å². The Morgan fingerprint density at radius 1 is 0.458 bits per heavy atom. The molecule has 12 heteroatoms. The van der Waals surface area contributed by atoms with E-state index < -0.39 is 15.6 Å². The van der Waals surface area contributed by atoms with Crippen LogP contribution in [0.25, 0.3) is 0 Å². The fourth-order valence-corrected chi connectivity index (χ4v) is 6.38. The third kappa shape index (κ3) is 32.9. The fraction of sp³-hybridized carbons (Fsp3) is 0.667. The minimum Gasteiger partial charge on any atom is -0.746 e. The molecule has 0 aliphatic rings. The second-order valence-electron chi connectivity index (χ2n) is 11.7. The van der Waals surface area contributed by atoms with Crippen molar-refractivity contribution < 1.29 is 118 Å². The van der Waals surface area contributed by atoms with E-state index in [0.717, 1.165) is 38.5 Å². The second kappa shape index (κ2) is 35.0. The van der Waals surface area contributed by atoms with Gasteiger partial charge in [0.15, 0.2) is 0 Å². The first-order valence-corrected chi connectivity index (χ1v) is 20.6. The van der Waals surface area contributed by atoms with Gasteiger partial charge >= 0.3 is 96.6 Å². The molecule has 2 rings (SSSR count). The molecule has 0 saturated heterocycles. The van der Waals surface area contributed by atoms with E-state index in [2.05, 4.69) is 13.8 Å². The molecule has 8 nitrogen and oxygen atoms in total. The van der Waals surface area contributed by atoms with Crippen LogP contribution in [0.15, 0.2) is 60.7 Å². The number of benzene rings is 2. The van der Waals surface area contributed by atoms with Crippen LogP contribution < -0.4 is 99.8 Å². The first-order chi connectivity index (χ1) is 22.3. The van der Waals surface area contributed by atoms with E-state index >= 15 is 0 Å². The molecule has 0 aromatic heterocycles. The molecule has 0 aliphatic carbocycles. The van der Waals surface area contributed by atoms with E-state index in [1.165, 1.54) is 89.9 Å². The van der Waals surface area contributed by atoms with E-state index in [4.69, 9.17) is 18.1 Å². The molecule has 2 aromatic rings. The standard InChI is InChI=1S/2C18H31O4P.K.Na/c2*1-2-3-4-5-6-7-8-9-10-14-17-21-23(19,20)22-18-15-12-11-13-16-18;;/h2*11-13,15-16H,2-10,14,17H2,1H3,(H,19,20);;/q;;2*+1/p-2. The van der Waals surface area contributed by atoms with Crippen LogP contribution in [0, 0.1) is 0 Å². The molecule has 0 saturated carbocycles. The molecule has 0 radical (unpaired) electrons. The molecular formula is C36H60KNaO8P2. The third-order valence-electron chi connectivity index (χ3n) is 7.42. The molecule has 0 bridgehead atoms. The molecule has 0 spiro atoms. The van der Waals surface area contributed by atoms with E-state index in [-0.39, 0.29) is 106 Å². The zero-order chi connectivity index (χ0) is 33.6. The van der Waals surface area contributed by atoms with Crippen molar-refractivity contribution in [2.45, 2.75) is 142 Å². The van der Waals surface area contributed by atoms with Gasteiger partial charge in [0.1, 0.15) is 11.5 Å². The maximum atomic E-state index is 11.6. The van der Waals surface area contributed by atoms with Gasteiger partial charge in [0.25, 0.3) is 0 Å². The van der Waals surface area contributed by atoms with Crippen molar-refractivity contribution in [3.8, 4) is 11.5 Å². The van der Waals surface area contributed by atoms with Crippen molar-refractivity contribution in [2.75, 3.05) is 13.2 Å². The predicted octanol–water partition coefficient (Wildman–Crippen LogP) is 4.95. The smallest absolute Gasteiger partial charge is 0.746 e. The number of rotatable bonds is 28. The Morgan fingerprint density at radius 3 is 0.979 bits per heavy atom. The van der Waals surface area contributed by atoms with Crippen LogP contribution in [-0.4, -0.2) is 13.2 Å². The minimum absolute atomic E-state index is 0. The fourth-order valence-electron chi connectivity index (χ4n) is 4.81. The Bertz CT molecular complexity index is 969. The van der Waals surface area contributed by atoms with Crippen LogP contribution in [0.3, 0.4) is 0 Å². The number of phosphoric acid groups is 2. The van der Waals surface area contributed by atoms with Gasteiger partial charge in [0.05, 0.1) is 13.2 Å². The van der Waals surface area contributed by atoms with Crippen LogP contribution in [-0.2, 0) is 18.2 Å². The van der Waals surface area contributed by atoms with Gasteiger partial charge in [-0.15, -0.1) is 0 Å².